The van der Waals surface area contributed by atoms with Crippen molar-refractivity contribution in [3.8, 4) is 5.75 Å². The minimum atomic E-state index is 0.427. The summed E-state index contributed by atoms with van der Waals surface area (Å²) in [6.07, 6.45) is 3.38. The highest BCUT2D eigenvalue weighted by atomic mass is 79.9. The predicted molar refractivity (Wildman–Crippen MR) is 67.1 cm³/mol. The molecule has 0 aliphatic heterocycles. The van der Waals surface area contributed by atoms with Gasteiger partial charge in [0.15, 0.2) is 0 Å². The van der Waals surface area contributed by atoms with Crippen LogP contribution in [0.3, 0.4) is 0 Å². The molecule has 4 heteroatoms. The summed E-state index contributed by atoms with van der Waals surface area (Å²) in [5, 5.41) is 0. The van der Waals surface area contributed by atoms with Gasteiger partial charge in [0.05, 0.1) is 0 Å². The molecule has 3 nitrogen and oxygen atoms in total. The number of pyridine rings is 1. The number of nitrogens with two attached hydrogens (primary N) is 1. The van der Waals surface area contributed by atoms with Gasteiger partial charge in [-0.1, -0.05) is 22.0 Å². The zero-order valence-corrected chi connectivity index (χ0v) is 10.1. The summed E-state index contributed by atoms with van der Waals surface area (Å²) < 4.78 is 6.59. The summed E-state index contributed by atoms with van der Waals surface area (Å²) in [5.41, 5.74) is 7.38. The van der Waals surface area contributed by atoms with Crippen LogP contribution >= 0.6 is 15.9 Å². The molecule has 0 unspecified atom stereocenters. The summed E-state index contributed by atoms with van der Waals surface area (Å²) in [4.78, 5) is 4.01. The fourth-order valence-corrected chi connectivity index (χ4v) is 1.65. The first-order chi connectivity index (χ1) is 7.75. The maximum absolute atomic E-state index is 5.79. The van der Waals surface area contributed by atoms with Crippen LogP contribution < -0.4 is 10.5 Å². The zero-order chi connectivity index (χ0) is 11.4. The minimum Gasteiger partial charge on any atom is -0.489 e. The van der Waals surface area contributed by atoms with E-state index < -0.39 is 0 Å². The number of hydrogen-bond donors (Lipinski definition) is 1. The van der Waals surface area contributed by atoms with Crippen molar-refractivity contribution in [2.45, 2.75) is 6.61 Å². The van der Waals surface area contributed by atoms with E-state index in [9.17, 15) is 0 Å². The molecule has 0 aliphatic carbocycles. The number of anilines is 1. The molecule has 2 aromatic rings. The highest BCUT2D eigenvalue weighted by Crippen LogP contribution is 2.19. The monoisotopic (exact) mass is 278 g/mol. The molecule has 0 fully saturated rings. The highest BCUT2D eigenvalue weighted by Gasteiger charge is 2.00. The Hall–Kier alpha value is -1.55. The third-order valence-corrected chi connectivity index (χ3v) is 2.62. The van der Waals surface area contributed by atoms with E-state index in [1.54, 1.807) is 18.5 Å². The van der Waals surface area contributed by atoms with Crippen molar-refractivity contribution < 1.29 is 4.74 Å². The Balaban J connectivity index is 2.05. The maximum atomic E-state index is 5.79. The lowest BCUT2D eigenvalue weighted by Crippen LogP contribution is -2.00. The highest BCUT2D eigenvalue weighted by molar-refractivity contribution is 9.10. The molecule has 2 rings (SSSR count). The van der Waals surface area contributed by atoms with E-state index in [1.165, 1.54) is 0 Å². The second-order valence-corrected chi connectivity index (χ2v) is 4.24. The Bertz CT molecular complexity index is 488. The molecule has 0 atom stereocenters. The minimum absolute atomic E-state index is 0.427. The lowest BCUT2D eigenvalue weighted by atomic mass is 10.2. The molecular weight excluding hydrogens is 268 g/mol. The van der Waals surface area contributed by atoms with Gasteiger partial charge in [-0.2, -0.15) is 0 Å². The zero-order valence-electron chi connectivity index (χ0n) is 8.56. The largest absolute Gasteiger partial charge is 0.489 e. The summed E-state index contributed by atoms with van der Waals surface area (Å²) in [6.45, 7) is 0.427. The topological polar surface area (TPSA) is 48.1 Å². The van der Waals surface area contributed by atoms with Crippen molar-refractivity contribution in [2.24, 2.45) is 0 Å². The van der Waals surface area contributed by atoms with E-state index in [2.05, 4.69) is 20.9 Å². The lowest BCUT2D eigenvalue weighted by molar-refractivity contribution is 0.306. The Morgan fingerprint density at radius 1 is 1.31 bits per heavy atom. The second-order valence-electron chi connectivity index (χ2n) is 3.32. The van der Waals surface area contributed by atoms with E-state index in [0.29, 0.717) is 12.3 Å². The first kappa shape index (κ1) is 11.0. The van der Waals surface area contributed by atoms with Crippen molar-refractivity contribution in [1.29, 1.82) is 0 Å². The van der Waals surface area contributed by atoms with E-state index in [4.69, 9.17) is 10.5 Å². The number of rotatable bonds is 3. The summed E-state index contributed by atoms with van der Waals surface area (Å²) >= 11 is 3.39. The fraction of sp³-hybridized carbons (Fsp3) is 0.0833. The number of hydrogen-bond acceptors (Lipinski definition) is 3. The van der Waals surface area contributed by atoms with Crippen LogP contribution in [0.15, 0.2) is 47.2 Å². The van der Waals surface area contributed by atoms with Crippen molar-refractivity contribution in [3.63, 3.8) is 0 Å². The van der Waals surface area contributed by atoms with E-state index in [-0.39, 0.29) is 0 Å². The molecule has 2 N–H and O–H groups in total. The van der Waals surface area contributed by atoms with Gasteiger partial charge in [-0.3, -0.25) is 4.98 Å². The smallest absolute Gasteiger partial charge is 0.120 e. The first-order valence-corrected chi connectivity index (χ1v) is 5.62. The quantitative estimate of drug-likeness (QED) is 0.939. The molecule has 0 amide bonds. The number of nitrogen functional groups attached to an aromatic ring is 1. The summed E-state index contributed by atoms with van der Waals surface area (Å²) in [5.74, 6) is 0.803. The molecule has 0 aliphatic rings. The molecule has 0 bridgehead atoms. The van der Waals surface area contributed by atoms with Crippen LogP contribution in [0.2, 0.25) is 0 Å². The lowest BCUT2D eigenvalue weighted by Gasteiger charge is -2.07. The van der Waals surface area contributed by atoms with Gasteiger partial charge in [0, 0.05) is 28.1 Å². The second kappa shape index (κ2) is 4.99. The van der Waals surface area contributed by atoms with Crippen molar-refractivity contribution >= 4 is 21.6 Å². The number of halogens is 1. The molecule has 0 radical (unpaired) electrons. The van der Waals surface area contributed by atoms with Gasteiger partial charge in [-0.15, -0.1) is 0 Å². The summed E-state index contributed by atoms with van der Waals surface area (Å²) in [6, 6.07) is 9.45. The number of benzene rings is 1. The van der Waals surface area contributed by atoms with E-state index >= 15 is 0 Å². The van der Waals surface area contributed by atoms with Crippen LogP contribution in [-0.2, 0) is 6.61 Å². The van der Waals surface area contributed by atoms with Gasteiger partial charge in [0.2, 0.25) is 0 Å². The number of nitrogens with zero attached hydrogens (tertiary/aromatic N) is 1. The average molecular weight is 279 g/mol. The predicted octanol–water partition coefficient (Wildman–Crippen LogP) is 3.01. The van der Waals surface area contributed by atoms with Crippen LogP contribution in [0, 0.1) is 0 Å². The molecule has 1 aromatic heterocycles. The Morgan fingerprint density at radius 2 is 2.19 bits per heavy atom. The van der Waals surface area contributed by atoms with Crippen molar-refractivity contribution in [2.75, 3.05) is 5.73 Å². The van der Waals surface area contributed by atoms with Crippen LogP contribution in [-0.4, -0.2) is 4.98 Å². The molecular formula is C12H11BrN2O. The molecule has 0 saturated carbocycles. The SMILES string of the molecule is Nc1ccncc1COc1cccc(Br)c1. The molecule has 16 heavy (non-hydrogen) atoms. The first-order valence-electron chi connectivity index (χ1n) is 4.82. The number of ether oxygens (including phenoxy) is 1. The maximum Gasteiger partial charge on any atom is 0.120 e. The molecule has 82 valence electrons. The molecule has 0 spiro atoms. The Morgan fingerprint density at radius 3 is 2.94 bits per heavy atom. The average Bonchev–Trinajstić information content (AvgIpc) is 2.28. The van der Waals surface area contributed by atoms with Gasteiger partial charge >= 0.3 is 0 Å². The van der Waals surface area contributed by atoms with Gasteiger partial charge in [0.1, 0.15) is 12.4 Å². The normalized spacial score (nSPS) is 10.1. The van der Waals surface area contributed by atoms with Gasteiger partial charge in [-0.25, -0.2) is 0 Å². The van der Waals surface area contributed by atoms with Gasteiger partial charge < -0.3 is 10.5 Å². The van der Waals surface area contributed by atoms with Crippen molar-refractivity contribution in [3.05, 3.63) is 52.8 Å². The van der Waals surface area contributed by atoms with Crippen molar-refractivity contribution in [1.82, 2.24) is 4.98 Å². The van der Waals surface area contributed by atoms with E-state index in [0.717, 1.165) is 15.8 Å². The van der Waals surface area contributed by atoms with Crippen LogP contribution in [0.5, 0.6) is 5.75 Å². The molecule has 0 saturated heterocycles. The van der Waals surface area contributed by atoms with Crippen LogP contribution in [0.25, 0.3) is 0 Å². The van der Waals surface area contributed by atoms with E-state index in [1.807, 2.05) is 24.3 Å². The van der Waals surface area contributed by atoms with Gasteiger partial charge in [-0.05, 0) is 24.3 Å². The summed E-state index contributed by atoms with van der Waals surface area (Å²) in [7, 11) is 0. The number of aromatic nitrogens is 1. The van der Waals surface area contributed by atoms with Crippen LogP contribution in [0.1, 0.15) is 5.56 Å². The standard InChI is InChI=1S/C12H11BrN2O/c13-10-2-1-3-11(6-10)16-8-9-7-15-5-4-12(9)14/h1-7H,8H2,(H2,14,15). The fourth-order valence-electron chi connectivity index (χ4n) is 1.28. The van der Waals surface area contributed by atoms with Gasteiger partial charge in [0.25, 0.3) is 0 Å². The molecule has 1 aromatic carbocycles. The molecule has 1 heterocycles. The van der Waals surface area contributed by atoms with Crippen LogP contribution in [0.4, 0.5) is 5.69 Å². The third-order valence-electron chi connectivity index (χ3n) is 2.13. The Labute approximate surface area is 102 Å². The Kier molecular flexibility index (Phi) is 3.41. The third kappa shape index (κ3) is 2.73.